The van der Waals surface area contributed by atoms with Gasteiger partial charge < -0.3 is 51.4 Å². The maximum absolute atomic E-state index is 13.4. The largest absolute Gasteiger partial charge is 0.508 e. The standard InChI is InChI=1S/C25H37N3O10/c1-12-20(32)21(33)22(34)25(37-12)38-18-5-3-2-4-16(18)27-24(36)17(10-13-6-8-14(29)9-7-13)28-23(35)15(26)11-19(30)31/h6-9,12,15-18,20-22,25,29,32-34H,2-5,10-11,26H2,1H3,(H,27,36)(H,28,35)(H,30,31)/t12-,15-,16+,17-,18+,20+,21+,22-,25-/m0/s1. The first-order chi connectivity index (χ1) is 18.0. The van der Waals surface area contributed by atoms with Crippen LogP contribution in [0.5, 0.6) is 5.75 Å². The van der Waals surface area contributed by atoms with E-state index in [0.717, 1.165) is 12.8 Å². The summed E-state index contributed by atoms with van der Waals surface area (Å²) in [5.74, 6) is -2.58. The minimum Gasteiger partial charge on any atom is -0.508 e. The number of carboxylic acids is 1. The van der Waals surface area contributed by atoms with Crippen LogP contribution in [-0.4, -0.2) is 98.3 Å². The molecule has 212 valence electrons. The van der Waals surface area contributed by atoms with Gasteiger partial charge in [0.25, 0.3) is 0 Å². The number of ether oxygens (including phenoxy) is 2. The smallest absolute Gasteiger partial charge is 0.305 e. The summed E-state index contributed by atoms with van der Waals surface area (Å²) >= 11 is 0. The number of aliphatic hydroxyl groups excluding tert-OH is 3. The van der Waals surface area contributed by atoms with E-state index >= 15 is 0 Å². The molecule has 9 atom stereocenters. The summed E-state index contributed by atoms with van der Waals surface area (Å²) in [4.78, 5) is 36.9. The Hall–Kier alpha value is -2.81. The minimum absolute atomic E-state index is 0.0311. The van der Waals surface area contributed by atoms with Gasteiger partial charge in [-0.05, 0) is 37.5 Å². The number of phenolic OH excluding ortho intramolecular Hbond substituents is 1. The van der Waals surface area contributed by atoms with Crippen LogP contribution in [0, 0.1) is 0 Å². The summed E-state index contributed by atoms with van der Waals surface area (Å²) in [7, 11) is 0. The highest BCUT2D eigenvalue weighted by atomic mass is 16.7. The van der Waals surface area contributed by atoms with Crippen molar-refractivity contribution >= 4 is 17.8 Å². The van der Waals surface area contributed by atoms with Gasteiger partial charge >= 0.3 is 5.97 Å². The van der Waals surface area contributed by atoms with E-state index in [-0.39, 0.29) is 12.2 Å². The summed E-state index contributed by atoms with van der Waals surface area (Å²) in [6, 6.07) is 3.08. The Morgan fingerprint density at radius 3 is 2.37 bits per heavy atom. The Morgan fingerprint density at radius 1 is 1.05 bits per heavy atom. The fourth-order valence-electron chi connectivity index (χ4n) is 4.64. The van der Waals surface area contributed by atoms with Gasteiger partial charge in [-0.2, -0.15) is 0 Å². The van der Waals surface area contributed by atoms with Gasteiger partial charge in [-0.1, -0.05) is 25.0 Å². The third-order valence-corrected chi connectivity index (χ3v) is 6.89. The first kappa shape index (κ1) is 29.7. The lowest BCUT2D eigenvalue weighted by Gasteiger charge is -2.42. The topological polar surface area (TPSA) is 221 Å². The normalized spacial score (nSPS) is 31.1. The Labute approximate surface area is 219 Å². The number of nitrogens with one attached hydrogen (secondary N) is 2. The SMILES string of the molecule is C[C@@H]1O[C@@H](O[C@@H]2CCCC[C@H]2NC(=O)[C@H](Cc2ccc(O)cc2)NC(=O)[C@@H](N)CC(=O)O)[C@@H](O)[C@H](O)[C@@H]1O. The van der Waals surface area contributed by atoms with E-state index in [9.17, 15) is 34.8 Å². The lowest BCUT2D eigenvalue weighted by molar-refractivity contribution is -0.307. The van der Waals surface area contributed by atoms with E-state index in [1.807, 2.05) is 0 Å². The van der Waals surface area contributed by atoms with Crippen LogP contribution < -0.4 is 16.4 Å². The second-order valence-electron chi connectivity index (χ2n) is 9.89. The summed E-state index contributed by atoms with van der Waals surface area (Å²) < 4.78 is 11.5. The average Bonchev–Trinajstić information content (AvgIpc) is 2.87. The summed E-state index contributed by atoms with van der Waals surface area (Å²) in [5.41, 5.74) is 6.31. The predicted octanol–water partition coefficient (Wildman–Crippen LogP) is -1.51. The van der Waals surface area contributed by atoms with E-state index < -0.39 is 79.1 Å². The number of hydrogen-bond acceptors (Lipinski definition) is 10. The number of carbonyl (C=O) groups excluding carboxylic acids is 2. The number of amides is 2. The molecule has 0 aromatic heterocycles. The second-order valence-corrected chi connectivity index (χ2v) is 9.89. The van der Waals surface area contributed by atoms with Crippen LogP contribution in [-0.2, 0) is 30.3 Å². The van der Waals surface area contributed by atoms with Crippen LogP contribution in [0.2, 0.25) is 0 Å². The fraction of sp³-hybridized carbons (Fsp3) is 0.640. The first-order valence-electron chi connectivity index (χ1n) is 12.7. The molecule has 1 saturated heterocycles. The van der Waals surface area contributed by atoms with Gasteiger partial charge in [0.05, 0.1) is 30.7 Å². The van der Waals surface area contributed by atoms with Gasteiger partial charge in [0.15, 0.2) is 6.29 Å². The molecule has 0 unspecified atom stereocenters. The zero-order valence-corrected chi connectivity index (χ0v) is 21.1. The van der Waals surface area contributed by atoms with Crippen molar-refractivity contribution in [2.24, 2.45) is 5.73 Å². The Balaban J connectivity index is 1.72. The molecule has 1 aromatic rings. The molecule has 1 aliphatic heterocycles. The highest BCUT2D eigenvalue weighted by Gasteiger charge is 2.44. The number of benzene rings is 1. The van der Waals surface area contributed by atoms with Crippen molar-refractivity contribution in [3.05, 3.63) is 29.8 Å². The molecule has 1 aliphatic carbocycles. The molecule has 1 saturated carbocycles. The minimum atomic E-state index is -1.49. The average molecular weight is 540 g/mol. The van der Waals surface area contributed by atoms with Crippen LogP contribution in [0.1, 0.15) is 44.6 Å². The molecule has 2 aliphatic rings. The second kappa shape index (κ2) is 13.3. The fourth-order valence-corrected chi connectivity index (χ4v) is 4.64. The van der Waals surface area contributed by atoms with Crippen molar-refractivity contribution in [2.45, 2.75) is 100 Å². The van der Waals surface area contributed by atoms with Crippen molar-refractivity contribution in [1.82, 2.24) is 10.6 Å². The van der Waals surface area contributed by atoms with Crippen molar-refractivity contribution in [3.63, 3.8) is 0 Å². The maximum Gasteiger partial charge on any atom is 0.305 e. The number of carbonyl (C=O) groups is 3. The molecule has 0 bridgehead atoms. The number of aliphatic hydroxyl groups is 3. The van der Waals surface area contributed by atoms with Crippen molar-refractivity contribution < 1.29 is 49.4 Å². The van der Waals surface area contributed by atoms with Crippen LogP contribution in [0.3, 0.4) is 0 Å². The van der Waals surface area contributed by atoms with Crippen LogP contribution in [0.15, 0.2) is 24.3 Å². The number of carboxylic acid groups (broad SMARTS) is 1. The zero-order valence-electron chi connectivity index (χ0n) is 21.1. The van der Waals surface area contributed by atoms with Crippen LogP contribution >= 0.6 is 0 Å². The first-order valence-corrected chi connectivity index (χ1v) is 12.7. The quantitative estimate of drug-likeness (QED) is 0.171. The molecule has 1 heterocycles. The highest BCUT2D eigenvalue weighted by Crippen LogP contribution is 2.28. The molecule has 13 heteroatoms. The Morgan fingerprint density at radius 2 is 1.71 bits per heavy atom. The van der Waals surface area contributed by atoms with Gasteiger partial charge in [0.1, 0.15) is 30.1 Å². The zero-order chi connectivity index (χ0) is 28.0. The van der Waals surface area contributed by atoms with Gasteiger partial charge in [0, 0.05) is 6.42 Å². The van der Waals surface area contributed by atoms with Crippen LogP contribution in [0.4, 0.5) is 0 Å². The summed E-state index contributed by atoms with van der Waals surface area (Å²) in [6.45, 7) is 1.54. The highest BCUT2D eigenvalue weighted by molar-refractivity contribution is 5.91. The van der Waals surface area contributed by atoms with Gasteiger partial charge in [0.2, 0.25) is 11.8 Å². The summed E-state index contributed by atoms with van der Waals surface area (Å²) in [5, 5.41) is 54.3. The lowest BCUT2D eigenvalue weighted by Crippen LogP contribution is -2.60. The molecule has 1 aromatic carbocycles. The monoisotopic (exact) mass is 539 g/mol. The van der Waals surface area contributed by atoms with E-state index in [4.69, 9.17) is 20.3 Å². The van der Waals surface area contributed by atoms with Crippen molar-refractivity contribution in [2.75, 3.05) is 0 Å². The number of phenols is 1. The maximum atomic E-state index is 13.4. The van der Waals surface area contributed by atoms with E-state index in [0.29, 0.717) is 18.4 Å². The number of aliphatic carboxylic acids is 1. The molecule has 0 radical (unpaired) electrons. The number of hydrogen-bond donors (Lipinski definition) is 8. The lowest BCUT2D eigenvalue weighted by atomic mass is 9.91. The third-order valence-electron chi connectivity index (χ3n) is 6.89. The van der Waals surface area contributed by atoms with E-state index in [1.54, 1.807) is 19.1 Å². The van der Waals surface area contributed by atoms with Gasteiger partial charge in [-0.3, -0.25) is 14.4 Å². The Bertz CT molecular complexity index is 961. The molecule has 13 nitrogen and oxygen atoms in total. The van der Waals surface area contributed by atoms with Gasteiger partial charge in [-0.15, -0.1) is 0 Å². The third kappa shape index (κ3) is 7.85. The molecular weight excluding hydrogens is 502 g/mol. The molecule has 3 rings (SSSR count). The molecule has 38 heavy (non-hydrogen) atoms. The van der Waals surface area contributed by atoms with Crippen molar-refractivity contribution in [3.8, 4) is 5.75 Å². The van der Waals surface area contributed by atoms with E-state index in [2.05, 4.69) is 10.6 Å². The van der Waals surface area contributed by atoms with E-state index in [1.165, 1.54) is 12.1 Å². The summed E-state index contributed by atoms with van der Waals surface area (Å²) in [6.07, 6.45) is -4.72. The van der Waals surface area contributed by atoms with Gasteiger partial charge in [-0.25, -0.2) is 0 Å². The number of aromatic hydroxyl groups is 1. The van der Waals surface area contributed by atoms with Crippen molar-refractivity contribution in [1.29, 1.82) is 0 Å². The predicted molar refractivity (Wildman–Crippen MR) is 132 cm³/mol. The molecule has 0 spiro atoms. The Kier molecular flexibility index (Phi) is 10.4. The molecule has 2 fully saturated rings. The van der Waals surface area contributed by atoms with Crippen LogP contribution in [0.25, 0.3) is 0 Å². The molecular formula is C25H37N3O10. The number of rotatable bonds is 10. The number of nitrogens with two attached hydrogens (primary N) is 1. The molecule has 2 amide bonds. The molecule has 9 N–H and O–H groups in total.